The predicted molar refractivity (Wildman–Crippen MR) is 156 cm³/mol. The summed E-state index contributed by atoms with van der Waals surface area (Å²) in [6.45, 7) is 3.06. The normalized spacial score (nSPS) is 13.7. The highest BCUT2D eigenvalue weighted by molar-refractivity contribution is 8.13. The van der Waals surface area contributed by atoms with Crippen molar-refractivity contribution in [3.05, 3.63) is 56.6 Å². The summed E-state index contributed by atoms with van der Waals surface area (Å²) in [6.07, 6.45) is 1.91. The minimum atomic E-state index is -3.47. The predicted octanol–water partition coefficient (Wildman–Crippen LogP) is 1.36. The van der Waals surface area contributed by atoms with Gasteiger partial charge in [0.05, 0.1) is 72.2 Å². The zero-order valence-corrected chi connectivity index (χ0v) is 25.0. The number of nitro groups is 2. The van der Waals surface area contributed by atoms with Gasteiger partial charge in [0, 0.05) is 44.3 Å². The Labute approximate surface area is 249 Å². The van der Waals surface area contributed by atoms with Gasteiger partial charge in [0.1, 0.15) is 24.7 Å². The van der Waals surface area contributed by atoms with Crippen LogP contribution in [-0.2, 0) is 23.4 Å². The Hall–Kier alpha value is -3.39. The van der Waals surface area contributed by atoms with Crippen molar-refractivity contribution in [3.63, 3.8) is 0 Å². The minimum absolute atomic E-state index is 0. The number of β-amino-alcohol motifs (C(OH)–C–C–N with tert-alkyl or cyclic N) is 1. The molecule has 2 heterocycles. The molecule has 0 unspecified atom stereocenters. The third-order valence-corrected chi connectivity index (χ3v) is 5.85. The number of hydrogen-bond donors (Lipinski definition) is 1. The monoisotopic (exact) mass is 651 g/mol. The molecule has 2 aliphatic rings. The number of ether oxygens (including phenoxy) is 2. The maximum atomic E-state index is 10.9. The summed E-state index contributed by atoms with van der Waals surface area (Å²) in [5.74, 6) is 0.929. The van der Waals surface area contributed by atoms with Crippen LogP contribution in [0.25, 0.3) is 0 Å². The Kier molecular flexibility index (Phi) is 14.2. The van der Waals surface area contributed by atoms with Crippen LogP contribution in [0.2, 0.25) is 0 Å². The molecule has 42 heavy (non-hydrogen) atoms. The number of fused-ring (bicyclic) bond motifs is 2. The maximum Gasteiger partial charge on any atom is 0.273 e. The smallest absolute Gasteiger partial charge is 0.273 e. The van der Waals surface area contributed by atoms with E-state index >= 15 is 0 Å². The number of benzene rings is 2. The number of non-ortho nitro benzene ring substituents is 2. The second kappa shape index (κ2) is 16.3. The lowest BCUT2D eigenvalue weighted by molar-refractivity contribution is -0.385. The molecule has 0 aliphatic carbocycles. The molecule has 16 nitrogen and oxygen atoms in total. The molecule has 4 rings (SSSR count). The molecule has 1 N–H and O–H groups in total. The van der Waals surface area contributed by atoms with E-state index in [9.17, 15) is 37.1 Å². The SMILES string of the molecule is CS(=O)(=O)Cl.CS(=O)(=O)OCCN1CCOc2cc([N+](=O)[O-])ccc21.O=[N+]([O-])c1ccc2c(c1)OCCN2CCO.[B]. The van der Waals surface area contributed by atoms with Gasteiger partial charge in [0.25, 0.3) is 21.5 Å². The van der Waals surface area contributed by atoms with Crippen LogP contribution in [0.15, 0.2) is 36.4 Å². The van der Waals surface area contributed by atoms with Gasteiger partial charge in [0.2, 0.25) is 9.05 Å². The number of hydrogen-bond acceptors (Lipinski definition) is 14. The van der Waals surface area contributed by atoms with Gasteiger partial charge in [0.15, 0.2) is 0 Å². The molecule has 0 aromatic heterocycles. The first kappa shape index (κ1) is 36.6. The van der Waals surface area contributed by atoms with Crippen molar-refractivity contribution < 1.29 is 45.4 Å². The van der Waals surface area contributed by atoms with Gasteiger partial charge in [-0.15, -0.1) is 0 Å². The third kappa shape index (κ3) is 12.6. The fourth-order valence-corrected chi connectivity index (χ4v) is 4.02. The van der Waals surface area contributed by atoms with E-state index in [4.69, 9.17) is 18.8 Å². The Balaban J connectivity index is 0.000000360. The molecule has 0 saturated heterocycles. The minimum Gasteiger partial charge on any atom is -0.489 e. The standard InChI is InChI=1S/C11H14N2O6S.C10H12N2O4.CH3ClO2S.B/c1-20(16,17)19-7-5-12-4-6-18-11-8-9(13(14)15)2-3-10(11)12;13-5-3-11-4-6-16-10-7-8(12(14)15)1-2-9(10)11;1-5(2,3)4;/h2-3,8H,4-7H2,1H3;1-2,7,13H,3-6H2;1H3;. The summed E-state index contributed by atoms with van der Waals surface area (Å²) < 4.78 is 56.0. The van der Waals surface area contributed by atoms with E-state index in [1.54, 1.807) is 12.1 Å². The van der Waals surface area contributed by atoms with Crippen molar-refractivity contribution in [2.45, 2.75) is 0 Å². The van der Waals surface area contributed by atoms with Gasteiger partial charge in [-0.2, -0.15) is 8.42 Å². The van der Waals surface area contributed by atoms with Gasteiger partial charge in [-0.3, -0.25) is 24.4 Å². The van der Waals surface area contributed by atoms with Crippen LogP contribution in [0.3, 0.4) is 0 Å². The van der Waals surface area contributed by atoms with Crippen LogP contribution in [0.1, 0.15) is 0 Å². The van der Waals surface area contributed by atoms with Gasteiger partial charge < -0.3 is 24.4 Å². The summed E-state index contributed by atoms with van der Waals surface area (Å²) >= 11 is 0. The molecule has 2 aromatic rings. The van der Waals surface area contributed by atoms with Crippen LogP contribution >= 0.6 is 10.7 Å². The first-order valence-corrected chi connectivity index (χ1v) is 16.3. The Morgan fingerprint density at radius 1 is 0.881 bits per heavy atom. The fraction of sp³-hybridized carbons (Fsp3) is 0.455. The van der Waals surface area contributed by atoms with Crippen LogP contribution in [0.5, 0.6) is 11.5 Å². The van der Waals surface area contributed by atoms with Gasteiger partial charge in [-0.05, 0) is 12.1 Å². The highest BCUT2D eigenvalue weighted by Gasteiger charge is 2.22. The quantitative estimate of drug-likeness (QED) is 0.141. The van der Waals surface area contributed by atoms with E-state index in [0.717, 1.165) is 18.2 Å². The maximum absolute atomic E-state index is 10.9. The molecule has 0 fully saturated rings. The van der Waals surface area contributed by atoms with Crippen LogP contribution < -0.4 is 19.3 Å². The van der Waals surface area contributed by atoms with Crippen LogP contribution in [0, 0.1) is 20.2 Å². The summed E-state index contributed by atoms with van der Waals surface area (Å²) in [6, 6.07) is 8.85. The number of aliphatic hydroxyl groups is 1. The molecule has 0 bridgehead atoms. The molecule has 20 heteroatoms. The molecule has 0 atom stereocenters. The molecule has 0 saturated carbocycles. The number of halogens is 1. The molecule has 2 aliphatic heterocycles. The van der Waals surface area contributed by atoms with Crippen LogP contribution in [0.4, 0.5) is 22.7 Å². The summed E-state index contributed by atoms with van der Waals surface area (Å²) in [5.41, 5.74) is 1.47. The van der Waals surface area contributed by atoms with E-state index in [0.29, 0.717) is 56.6 Å². The highest BCUT2D eigenvalue weighted by atomic mass is 35.7. The molecular weight excluding hydrogens is 623 g/mol. The van der Waals surface area contributed by atoms with Gasteiger partial charge in [-0.25, -0.2) is 8.42 Å². The van der Waals surface area contributed by atoms with E-state index in [2.05, 4.69) is 10.7 Å². The van der Waals surface area contributed by atoms with Crippen LogP contribution in [-0.4, -0.2) is 105 Å². The summed E-state index contributed by atoms with van der Waals surface area (Å²) in [5, 5.41) is 30.2. The summed E-state index contributed by atoms with van der Waals surface area (Å²) in [7, 11) is -2.16. The van der Waals surface area contributed by atoms with Crippen molar-refractivity contribution in [1.82, 2.24) is 0 Å². The van der Waals surface area contributed by atoms with Crippen molar-refractivity contribution in [2.75, 3.05) is 74.9 Å². The van der Waals surface area contributed by atoms with Gasteiger partial charge >= 0.3 is 0 Å². The first-order chi connectivity index (χ1) is 19.1. The second-order valence-electron chi connectivity index (χ2n) is 8.42. The third-order valence-electron chi connectivity index (χ3n) is 5.26. The topological polar surface area (TPSA) is 209 Å². The van der Waals surface area contributed by atoms with E-state index in [-0.39, 0.29) is 33.0 Å². The number of nitrogens with zero attached hydrogens (tertiary/aromatic N) is 4. The molecule has 0 amide bonds. The largest absolute Gasteiger partial charge is 0.489 e. The van der Waals surface area contributed by atoms with Crippen molar-refractivity contribution in [3.8, 4) is 11.5 Å². The van der Waals surface area contributed by atoms with Crippen molar-refractivity contribution in [1.29, 1.82) is 0 Å². The second-order valence-corrected chi connectivity index (χ2v) is 13.1. The highest BCUT2D eigenvalue weighted by Crippen LogP contribution is 2.35. The Morgan fingerprint density at radius 2 is 1.29 bits per heavy atom. The molecular formula is C22H29BClN4O12S2. The molecule has 231 valence electrons. The zero-order chi connectivity index (χ0) is 30.8. The van der Waals surface area contributed by atoms with Crippen molar-refractivity contribution in [2.24, 2.45) is 0 Å². The van der Waals surface area contributed by atoms with E-state index in [1.807, 2.05) is 9.80 Å². The Morgan fingerprint density at radius 3 is 1.64 bits per heavy atom. The molecule has 3 radical (unpaired) electrons. The van der Waals surface area contributed by atoms with Gasteiger partial charge in [-0.1, -0.05) is 0 Å². The van der Waals surface area contributed by atoms with E-state index in [1.165, 1.54) is 24.3 Å². The average molecular weight is 652 g/mol. The average Bonchev–Trinajstić information content (AvgIpc) is 2.87. The number of anilines is 2. The lowest BCUT2D eigenvalue weighted by Gasteiger charge is -2.30. The lowest BCUT2D eigenvalue weighted by atomic mass is 10.2. The molecule has 2 aromatic carbocycles. The van der Waals surface area contributed by atoms with Crippen molar-refractivity contribution >= 4 is 61.0 Å². The fourth-order valence-electron chi connectivity index (χ4n) is 3.64. The Bertz CT molecular complexity index is 1440. The lowest BCUT2D eigenvalue weighted by Crippen LogP contribution is -2.35. The number of aliphatic hydroxyl groups excluding tert-OH is 1. The molecule has 0 spiro atoms. The number of nitro benzene ring substituents is 2. The van der Waals surface area contributed by atoms with E-state index < -0.39 is 29.0 Å². The first-order valence-electron chi connectivity index (χ1n) is 11.8. The number of rotatable bonds is 8. The summed E-state index contributed by atoms with van der Waals surface area (Å²) in [4.78, 5) is 24.2. The zero-order valence-electron chi connectivity index (χ0n) is 22.6.